The highest BCUT2D eigenvalue weighted by Crippen LogP contribution is 2.41. The number of nitrogens with one attached hydrogen (secondary N) is 2. The second-order valence-electron chi connectivity index (χ2n) is 10.7. The number of rotatable bonds is 7. The number of amides is 1. The number of alkyl halides is 1. The lowest BCUT2D eigenvalue weighted by molar-refractivity contribution is 0.0951. The molecule has 208 valence electrons. The van der Waals surface area contributed by atoms with E-state index in [0.29, 0.717) is 51.2 Å². The number of aryl methyl sites for hydroxylation is 3. The second kappa shape index (κ2) is 9.93. The minimum Gasteiger partial charge on any atom is -0.456 e. The van der Waals surface area contributed by atoms with Gasteiger partial charge < -0.3 is 19.6 Å². The van der Waals surface area contributed by atoms with Gasteiger partial charge in [-0.3, -0.25) is 14.3 Å². The molecule has 2 aromatic carbocycles. The molecule has 0 aliphatic heterocycles. The molecule has 3 heterocycles. The lowest BCUT2D eigenvalue weighted by atomic mass is 10.0. The summed E-state index contributed by atoms with van der Waals surface area (Å²) in [6, 6.07) is 8.06. The third kappa shape index (κ3) is 5.09. The van der Waals surface area contributed by atoms with Gasteiger partial charge in [0, 0.05) is 47.9 Å². The van der Waals surface area contributed by atoms with Crippen molar-refractivity contribution in [2.24, 2.45) is 7.05 Å². The number of aromatic amines is 1. The van der Waals surface area contributed by atoms with Gasteiger partial charge in [-0.15, -0.1) is 0 Å². The van der Waals surface area contributed by atoms with E-state index in [-0.39, 0.29) is 35.0 Å². The van der Waals surface area contributed by atoms with Crippen LogP contribution in [0.25, 0.3) is 32.9 Å². The average Bonchev–Trinajstić information content (AvgIpc) is 3.46. The molecule has 0 aliphatic rings. The molecule has 0 atom stereocenters. The summed E-state index contributed by atoms with van der Waals surface area (Å²) >= 11 is 0. The largest absolute Gasteiger partial charge is 0.456 e. The summed E-state index contributed by atoms with van der Waals surface area (Å²) in [5, 5.41) is 8.59. The number of halogens is 2. The number of carbonyl (C=O) groups is 1. The van der Waals surface area contributed by atoms with Crippen LogP contribution >= 0.6 is 0 Å². The zero-order chi connectivity index (χ0) is 28.9. The fourth-order valence-corrected chi connectivity index (χ4v) is 4.96. The van der Waals surface area contributed by atoms with Gasteiger partial charge in [-0.05, 0) is 76.1 Å². The molecule has 3 aromatic heterocycles. The number of carbonyl (C=O) groups excluding carboxylic acids is 1. The first-order chi connectivity index (χ1) is 18.8. The fraction of sp³-hybridized carbons (Fsp3) is 0.300. The minimum atomic E-state index is -1.48. The highest BCUT2D eigenvalue weighted by atomic mass is 19.1. The summed E-state index contributed by atoms with van der Waals surface area (Å²) in [5.41, 5.74) is 1.81. The molecule has 0 fully saturated rings. The van der Waals surface area contributed by atoms with Crippen molar-refractivity contribution in [2.45, 2.75) is 46.8 Å². The maximum absolute atomic E-state index is 14.4. The number of hydrogen-bond donors (Lipinski definition) is 2. The molecule has 40 heavy (non-hydrogen) atoms. The molecule has 0 radical (unpaired) electrons. The zero-order valence-corrected chi connectivity index (χ0v) is 23.3. The van der Waals surface area contributed by atoms with Crippen LogP contribution in [-0.2, 0) is 13.6 Å². The van der Waals surface area contributed by atoms with Crippen molar-refractivity contribution in [3.63, 3.8) is 0 Å². The van der Waals surface area contributed by atoms with E-state index in [1.165, 1.54) is 30.5 Å². The molecule has 8 nitrogen and oxygen atoms in total. The Labute approximate surface area is 229 Å². The summed E-state index contributed by atoms with van der Waals surface area (Å²) in [6.07, 6.45) is 3.43. The Bertz CT molecular complexity index is 1820. The molecule has 0 saturated heterocycles. The van der Waals surface area contributed by atoms with E-state index < -0.39 is 5.67 Å². The van der Waals surface area contributed by atoms with Crippen molar-refractivity contribution in [1.29, 1.82) is 0 Å². The van der Waals surface area contributed by atoms with Gasteiger partial charge in [-0.2, -0.15) is 5.10 Å². The number of H-pyrrole nitrogens is 1. The van der Waals surface area contributed by atoms with E-state index in [9.17, 15) is 18.4 Å². The van der Waals surface area contributed by atoms with Gasteiger partial charge in [0.1, 0.15) is 34.2 Å². The van der Waals surface area contributed by atoms with Crippen molar-refractivity contribution in [3.8, 4) is 22.6 Å². The first-order valence-corrected chi connectivity index (χ1v) is 13.0. The van der Waals surface area contributed by atoms with Crippen LogP contribution in [0.5, 0.6) is 11.5 Å². The molecular formula is C30H31F2N5O3. The van der Waals surface area contributed by atoms with E-state index in [4.69, 9.17) is 4.74 Å². The quantitative estimate of drug-likeness (QED) is 0.264. The van der Waals surface area contributed by atoms with E-state index in [0.717, 1.165) is 5.39 Å². The number of ether oxygens (including phenoxy) is 1. The molecule has 0 bridgehead atoms. The number of pyridine rings is 1. The highest BCUT2D eigenvalue weighted by Gasteiger charge is 2.22. The number of fused-ring (bicyclic) bond motifs is 2. The Kier molecular flexibility index (Phi) is 6.73. The van der Waals surface area contributed by atoms with Crippen LogP contribution in [0, 0.1) is 19.7 Å². The lowest BCUT2D eigenvalue weighted by Crippen LogP contribution is -2.23. The van der Waals surface area contributed by atoms with Crippen LogP contribution in [0.3, 0.4) is 0 Å². The molecule has 1 amide bonds. The summed E-state index contributed by atoms with van der Waals surface area (Å²) in [7, 11) is 1.63. The zero-order valence-electron chi connectivity index (χ0n) is 23.3. The number of nitrogens with zero attached hydrogens (tertiary/aromatic N) is 3. The topological polar surface area (TPSA) is 93.9 Å². The van der Waals surface area contributed by atoms with Crippen molar-refractivity contribution in [1.82, 2.24) is 24.6 Å². The fourth-order valence-electron chi connectivity index (χ4n) is 4.96. The Hall–Kier alpha value is -4.47. The molecule has 5 rings (SSSR count). The van der Waals surface area contributed by atoms with Gasteiger partial charge in [0.2, 0.25) is 0 Å². The Morgan fingerprint density at radius 2 is 1.80 bits per heavy atom. The Balaban J connectivity index is 1.78. The van der Waals surface area contributed by atoms with E-state index in [1.807, 2.05) is 13.0 Å². The normalized spacial score (nSPS) is 11.9. The summed E-state index contributed by atoms with van der Waals surface area (Å²) in [5.74, 6) is 0.240. The molecule has 5 aromatic rings. The Morgan fingerprint density at radius 3 is 2.45 bits per heavy atom. The van der Waals surface area contributed by atoms with Crippen molar-refractivity contribution < 1.29 is 18.3 Å². The molecule has 10 heteroatoms. The third-order valence-corrected chi connectivity index (χ3v) is 6.67. The molecule has 0 saturated carbocycles. The van der Waals surface area contributed by atoms with Gasteiger partial charge in [0.05, 0.1) is 12.1 Å². The first kappa shape index (κ1) is 27.1. The second-order valence-corrected chi connectivity index (χ2v) is 10.7. The van der Waals surface area contributed by atoms with Gasteiger partial charge in [-0.1, -0.05) is 0 Å². The standard InChI is InChI=1S/C30H31F2N5O3/c1-7-33-28(38)24-12-21-22(14-36(6)29(39)26(21)34-24)20-11-23-18(13-37(35-23)15-30(4,5)32)10-25(20)40-27-16(2)8-19(31)9-17(27)3/h8-14,34H,7,15H2,1-6H3,(H,33,38). The van der Waals surface area contributed by atoms with Crippen molar-refractivity contribution in [2.75, 3.05) is 6.54 Å². The smallest absolute Gasteiger partial charge is 0.274 e. The van der Waals surface area contributed by atoms with E-state index in [2.05, 4.69) is 15.4 Å². The highest BCUT2D eigenvalue weighted by molar-refractivity contribution is 6.04. The molecule has 0 spiro atoms. The maximum atomic E-state index is 14.4. The number of hydrogen-bond acceptors (Lipinski definition) is 4. The SMILES string of the molecule is CCNC(=O)c1cc2c(-c3cc4nn(CC(C)(C)F)cc4cc3Oc3c(C)cc(F)cc3C)cn(C)c(=O)c2[nH]1. The minimum absolute atomic E-state index is 0.0567. The average molecular weight is 548 g/mol. The predicted octanol–water partition coefficient (Wildman–Crippen LogP) is 5.93. The van der Waals surface area contributed by atoms with Crippen LogP contribution in [-0.4, -0.2) is 37.5 Å². The molecule has 2 N–H and O–H groups in total. The number of benzene rings is 2. The van der Waals surface area contributed by atoms with Gasteiger partial charge >= 0.3 is 0 Å². The lowest BCUT2D eigenvalue weighted by Gasteiger charge is -2.16. The number of aromatic nitrogens is 4. The van der Waals surface area contributed by atoms with Crippen LogP contribution in [0.1, 0.15) is 42.4 Å². The van der Waals surface area contributed by atoms with Gasteiger partial charge in [0.15, 0.2) is 0 Å². The van der Waals surface area contributed by atoms with E-state index >= 15 is 0 Å². The predicted molar refractivity (Wildman–Crippen MR) is 151 cm³/mol. The van der Waals surface area contributed by atoms with Gasteiger partial charge in [0.25, 0.3) is 11.5 Å². The van der Waals surface area contributed by atoms with Crippen molar-refractivity contribution in [3.05, 3.63) is 75.7 Å². The van der Waals surface area contributed by atoms with Gasteiger partial charge in [-0.25, -0.2) is 8.78 Å². The Morgan fingerprint density at radius 1 is 1.10 bits per heavy atom. The van der Waals surface area contributed by atoms with E-state index in [1.54, 1.807) is 50.1 Å². The molecule has 0 aliphatic carbocycles. The molecular weight excluding hydrogens is 516 g/mol. The van der Waals surface area contributed by atoms with Crippen LogP contribution in [0.4, 0.5) is 8.78 Å². The monoisotopic (exact) mass is 547 g/mol. The van der Waals surface area contributed by atoms with Crippen LogP contribution in [0.2, 0.25) is 0 Å². The first-order valence-electron chi connectivity index (χ1n) is 13.0. The summed E-state index contributed by atoms with van der Waals surface area (Å²) < 4.78 is 37.9. The van der Waals surface area contributed by atoms with Crippen LogP contribution < -0.4 is 15.6 Å². The van der Waals surface area contributed by atoms with Crippen LogP contribution in [0.15, 0.2) is 47.5 Å². The third-order valence-electron chi connectivity index (χ3n) is 6.67. The summed E-state index contributed by atoms with van der Waals surface area (Å²) in [6.45, 7) is 8.80. The maximum Gasteiger partial charge on any atom is 0.274 e. The molecule has 0 unspecified atom stereocenters. The van der Waals surface area contributed by atoms with Crippen molar-refractivity contribution >= 4 is 27.7 Å². The summed E-state index contributed by atoms with van der Waals surface area (Å²) in [4.78, 5) is 28.6.